The molecule has 1 heterocycles. The standard InChI is InChI=1S/C6H4N2/c7-4-6-2-1-3-8-5-6/h1-3,5H/i3D,5D. The van der Waals surface area contributed by atoms with Crippen LogP contribution >= 0.6 is 0 Å². The SMILES string of the molecule is [2H]c1ccc(C#N)c([2H])n1. The van der Waals surface area contributed by atoms with Crippen molar-refractivity contribution in [2.75, 3.05) is 0 Å². The molecule has 2 nitrogen and oxygen atoms in total. The molecule has 38 valence electrons. The summed E-state index contributed by atoms with van der Waals surface area (Å²) < 4.78 is 14.0. The van der Waals surface area contributed by atoms with Gasteiger partial charge in [0.25, 0.3) is 0 Å². The Morgan fingerprint density at radius 2 is 2.75 bits per heavy atom. The Hall–Kier alpha value is -1.36. The minimum Gasteiger partial charge on any atom is -0.263 e. The van der Waals surface area contributed by atoms with Gasteiger partial charge >= 0.3 is 0 Å². The molecule has 0 bridgehead atoms. The highest BCUT2D eigenvalue weighted by atomic mass is 14.6. The first-order valence-electron chi connectivity index (χ1n) is 3.08. The largest absolute Gasteiger partial charge is 0.263 e. The highest BCUT2D eigenvalue weighted by molar-refractivity contribution is 5.23. The molecule has 0 N–H and O–H groups in total. The highest BCUT2D eigenvalue weighted by Gasteiger charge is 1.80. The zero-order valence-electron chi connectivity index (χ0n) is 6.05. The molecule has 0 unspecified atom stereocenters. The van der Waals surface area contributed by atoms with Gasteiger partial charge in [-0.05, 0) is 12.1 Å². The average Bonchev–Trinajstić information content (AvgIpc) is 1.88. The van der Waals surface area contributed by atoms with Gasteiger partial charge in [0, 0.05) is 12.3 Å². The van der Waals surface area contributed by atoms with Crippen LogP contribution in [0, 0.1) is 11.3 Å². The first-order chi connectivity index (χ1) is 4.74. The molecule has 2 heteroatoms. The van der Waals surface area contributed by atoms with Crippen LogP contribution in [-0.4, -0.2) is 4.98 Å². The first kappa shape index (κ1) is 2.83. The Bertz CT molecular complexity index is 290. The third-order valence-electron chi connectivity index (χ3n) is 0.686. The van der Waals surface area contributed by atoms with Crippen molar-refractivity contribution in [1.82, 2.24) is 4.98 Å². The predicted octanol–water partition coefficient (Wildman–Crippen LogP) is 0.953. The van der Waals surface area contributed by atoms with Gasteiger partial charge in [0.15, 0.2) is 0 Å². The van der Waals surface area contributed by atoms with Crippen LogP contribution < -0.4 is 0 Å². The van der Waals surface area contributed by atoms with E-state index in [-0.39, 0.29) is 17.9 Å². The van der Waals surface area contributed by atoms with Gasteiger partial charge < -0.3 is 0 Å². The second-order valence-electron chi connectivity index (χ2n) is 1.21. The van der Waals surface area contributed by atoms with E-state index in [1.54, 1.807) is 6.07 Å². The molecular weight excluding hydrogens is 100 g/mol. The molecule has 0 aliphatic heterocycles. The van der Waals surface area contributed by atoms with Crippen LogP contribution in [0.4, 0.5) is 0 Å². The van der Waals surface area contributed by atoms with E-state index in [2.05, 4.69) is 4.98 Å². The number of pyridine rings is 1. The fraction of sp³-hybridized carbons (Fsp3) is 0. The van der Waals surface area contributed by atoms with Gasteiger partial charge in [-0.1, -0.05) is 0 Å². The molecule has 0 saturated heterocycles. The van der Waals surface area contributed by atoms with E-state index in [0.29, 0.717) is 0 Å². The molecule has 1 aromatic heterocycles. The van der Waals surface area contributed by atoms with E-state index in [1.807, 2.05) is 0 Å². The van der Waals surface area contributed by atoms with E-state index in [0.717, 1.165) is 0 Å². The summed E-state index contributed by atoms with van der Waals surface area (Å²) in [5.41, 5.74) is 0.205. The molecule has 8 heavy (non-hydrogen) atoms. The molecule has 0 radical (unpaired) electrons. The molecule has 0 saturated carbocycles. The third-order valence-corrected chi connectivity index (χ3v) is 0.686. The summed E-state index contributed by atoms with van der Waals surface area (Å²) in [6.45, 7) is 0. The van der Waals surface area contributed by atoms with Crippen LogP contribution in [0.3, 0.4) is 0 Å². The zero-order valence-corrected chi connectivity index (χ0v) is 4.05. The maximum Gasteiger partial charge on any atom is 0.101 e. The Morgan fingerprint density at radius 1 is 1.88 bits per heavy atom. The Morgan fingerprint density at radius 3 is 3.38 bits per heavy atom. The average molecular weight is 106 g/mol. The van der Waals surface area contributed by atoms with Gasteiger partial charge in [-0.15, -0.1) is 0 Å². The Kier molecular flexibility index (Phi) is 0.736. The summed E-state index contributed by atoms with van der Waals surface area (Å²) in [4.78, 5) is 3.46. The normalized spacial score (nSPS) is 11.4. The topological polar surface area (TPSA) is 36.7 Å². The molecule has 0 spiro atoms. The minimum absolute atomic E-state index is 0.0176. The van der Waals surface area contributed by atoms with Crippen LogP contribution in [0.1, 0.15) is 8.30 Å². The van der Waals surface area contributed by atoms with Gasteiger partial charge in [0.05, 0.1) is 8.30 Å². The van der Waals surface area contributed by atoms with Crippen molar-refractivity contribution < 1.29 is 2.74 Å². The Labute approximate surface area is 50.2 Å². The summed E-state index contributed by atoms with van der Waals surface area (Å²) in [5, 5.41) is 8.34. The number of hydrogen-bond acceptors (Lipinski definition) is 2. The molecular formula is C6H4N2. The monoisotopic (exact) mass is 106 g/mol. The van der Waals surface area contributed by atoms with Crippen molar-refractivity contribution in [3.8, 4) is 6.07 Å². The van der Waals surface area contributed by atoms with Gasteiger partial charge in [0.2, 0.25) is 0 Å². The highest BCUT2D eigenvalue weighted by Crippen LogP contribution is 1.89. The van der Waals surface area contributed by atoms with Crippen LogP contribution in [0.25, 0.3) is 0 Å². The molecule has 1 rings (SSSR count). The lowest BCUT2D eigenvalue weighted by atomic mass is 10.3. The zero-order chi connectivity index (χ0) is 7.56. The van der Waals surface area contributed by atoms with Crippen molar-refractivity contribution in [3.05, 3.63) is 30.0 Å². The first-order valence-corrected chi connectivity index (χ1v) is 2.08. The quantitative estimate of drug-likeness (QED) is 0.493. The molecule has 0 aliphatic rings. The number of nitriles is 1. The van der Waals surface area contributed by atoms with Gasteiger partial charge in [-0.3, -0.25) is 4.98 Å². The fourth-order valence-electron chi connectivity index (χ4n) is 0.350. The molecule has 1 aromatic rings. The van der Waals surface area contributed by atoms with E-state index < -0.39 is 0 Å². The van der Waals surface area contributed by atoms with E-state index in [1.165, 1.54) is 12.1 Å². The molecule has 0 atom stereocenters. The van der Waals surface area contributed by atoms with Crippen molar-refractivity contribution in [2.24, 2.45) is 0 Å². The lowest BCUT2D eigenvalue weighted by molar-refractivity contribution is 1.30. The second-order valence-corrected chi connectivity index (χ2v) is 1.21. The summed E-state index contributed by atoms with van der Waals surface area (Å²) in [7, 11) is 0. The van der Waals surface area contributed by atoms with Crippen LogP contribution in [0.2, 0.25) is 0 Å². The maximum atomic E-state index is 8.34. The van der Waals surface area contributed by atoms with Crippen molar-refractivity contribution in [1.29, 1.82) is 5.26 Å². The number of nitrogens with zero attached hydrogens (tertiary/aromatic N) is 2. The fourth-order valence-corrected chi connectivity index (χ4v) is 0.350. The molecule has 0 amide bonds. The van der Waals surface area contributed by atoms with E-state index in [4.69, 9.17) is 8.00 Å². The van der Waals surface area contributed by atoms with Crippen LogP contribution in [-0.2, 0) is 0 Å². The summed E-state index contributed by atoms with van der Waals surface area (Å²) in [6, 6.07) is 4.59. The van der Waals surface area contributed by atoms with Gasteiger partial charge in [0.1, 0.15) is 6.07 Å². The second kappa shape index (κ2) is 2.08. The van der Waals surface area contributed by atoms with Crippen LogP contribution in [0.15, 0.2) is 24.5 Å². The van der Waals surface area contributed by atoms with Crippen molar-refractivity contribution in [2.45, 2.75) is 0 Å². The maximum absolute atomic E-state index is 8.34. The summed E-state index contributed by atoms with van der Waals surface area (Å²) in [6.07, 6.45) is -0.112. The Balaban J connectivity index is 3.23. The number of aromatic nitrogens is 1. The number of rotatable bonds is 0. The minimum atomic E-state index is -0.130. The smallest absolute Gasteiger partial charge is 0.101 e. The number of hydrogen-bond donors (Lipinski definition) is 0. The lowest BCUT2D eigenvalue weighted by Gasteiger charge is -1.79. The molecule has 0 aliphatic carbocycles. The summed E-state index contributed by atoms with van der Waals surface area (Å²) in [5.74, 6) is 0. The third kappa shape index (κ3) is 0.824. The molecule has 0 aromatic carbocycles. The van der Waals surface area contributed by atoms with E-state index in [9.17, 15) is 0 Å². The van der Waals surface area contributed by atoms with Gasteiger partial charge in [-0.25, -0.2) is 0 Å². The van der Waals surface area contributed by atoms with Crippen LogP contribution in [0.5, 0.6) is 0 Å². The van der Waals surface area contributed by atoms with Crippen molar-refractivity contribution >= 4 is 0 Å². The summed E-state index contributed by atoms with van der Waals surface area (Å²) >= 11 is 0. The van der Waals surface area contributed by atoms with Gasteiger partial charge in [-0.2, -0.15) is 5.26 Å². The van der Waals surface area contributed by atoms with E-state index >= 15 is 0 Å². The lowest BCUT2D eigenvalue weighted by Crippen LogP contribution is -1.72. The predicted molar refractivity (Wildman–Crippen MR) is 29.0 cm³/mol. The van der Waals surface area contributed by atoms with Crippen molar-refractivity contribution in [3.63, 3.8) is 0 Å². The molecule has 0 fully saturated rings.